The Morgan fingerprint density at radius 3 is 2.61 bits per heavy atom. The zero-order chi connectivity index (χ0) is 13.5. The minimum Gasteiger partial charge on any atom is -0.496 e. The fourth-order valence-corrected chi connectivity index (χ4v) is 2.21. The van der Waals surface area contributed by atoms with Gasteiger partial charge < -0.3 is 14.6 Å². The monoisotopic (exact) mass is 272 g/mol. The molecule has 18 heavy (non-hydrogen) atoms. The highest BCUT2D eigenvalue weighted by Gasteiger charge is 2.20. The maximum Gasteiger partial charge on any atom is 0.122 e. The standard InChI is InChI=1S/C14H21ClO3/c1-4-5-14(18-3)12(16)9-10-8-11(15)6-7-13(10)17-2/h6-8,12,14,16H,4-5,9H2,1-3H3. The summed E-state index contributed by atoms with van der Waals surface area (Å²) in [6, 6.07) is 5.41. The van der Waals surface area contributed by atoms with Crippen LogP contribution in [0.1, 0.15) is 25.3 Å². The van der Waals surface area contributed by atoms with Crippen molar-refractivity contribution in [3.05, 3.63) is 28.8 Å². The van der Waals surface area contributed by atoms with Crippen LogP contribution in [0, 0.1) is 0 Å². The van der Waals surface area contributed by atoms with Crippen LogP contribution in [0.5, 0.6) is 5.75 Å². The summed E-state index contributed by atoms with van der Waals surface area (Å²) >= 11 is 5.96. The van der Waals surface area contributed by atoms with Crippen LogP contribution in [0.15, 0.2) is 18.2 Å². The van der Waals surface area contributed by atoms with Crippen LogP contribution in [0.4, 0.5) is 0 Å². The van der Waals surface area contributed by atoms with E-state index in [-0.39, 0.29) is 6.10 Å². The van der Waals surface area contributed by atoms with Gasteiger partial charge in [-0.2, -0.15) is 0 Å². The minimum absolute atomic E-state index is 0.154. The lowest BCUT2D eigenvalue weighted by Gasteiger charge is -2.22. The second-order valence-corrected chi connectivity index (χ2v) is 4.73. The third-order valence-electron chi connectivity index (χ3n) is 2.98. The van der Waals surface area contributed by atoms with Crippen molar-refractivity contribution in [1.82, 2.24) is 0 Å². The van der Waals surface area contributed by atoms with Crippen molar-refractivity contribution < 1.29 is 14.6 Å². The molecule has 3 nitrogen and oxygen atoms in total. The van der Waals surface area contributed by atoms with Gasteiger partial charge in [-0.25, -0.2) is 0 Å². The Morgan fingerprint density at radius 1 is 1.33 bits per heavy atom. The quantitative estimate of drug-likeness (QED) is 0.829. The second-order valence-electron chi connectivity index (χ2n) is 4.29. The molecule has 1 aromatic carbocycles. The molecule has 0 aliphatic carbocycles. The summed E-state index contributed by atoms with van der Waals surface area (Å²) in [6.45, 7) is 2.07. The van der Waals surface area contributed by atoms with Gasteiger partial charge in [0.25, 0.3) is 0 Å². The van der Waals surface area contributed by atoms with E-state index in [0.717, 1.165) is 24.2 Å². The van der Waals surface area contributed by atoms with Gasteiger partial charge in [0.2, 0.25) is 0 Å². The Morgan fingerprint density at radius 2 is 2.06 bits per heavy atom. The smallest absolute Gasteiger partial charge is 0.122 e. The van der Waals surface area contributed by atoms with Gasteiger partial charge in [-0.1, -0.05) is 24.9 Å². The van der Waals surface area contributed by atoms with Gasteiger partial charge in [0.15, 0.2) is 0 Å². The van der Waals surface area contributed by atoms with Gasteiger partial charge in [-0.05, 0) is 30.2 Å². The summed E-state index contributed by atoms with van der Waals surface area (Å²) < 4.78 is 10.6. The molecule has 0 saturated heterocycles. The lowest BCUT2D eigenvalue weighted by Crippen LogP contribution is -2.30. The molecule has 0 fully saturated rings. The SMILES string of the molecule is CCCC(OC)C(O)Cc1cc(Cl)ccc1OC. The zero-order valence-corrected chi connectivity index (χ0v) is 11.9. The summed E-state index contributed by atoms with van der Waals surface area (Å²) in [4.78, 5) is 0. The summed E-state index contributed by atoms with van der Waals surface area (Å²) in [5.41, 5.74) is 0.899. The number of hydrogen-bond acceptors (Lipinski definition) is 3. The van der Waals surface area contributed by atoms with Crippen LogP contribution in [-0.4, -0.2) is 31.5 Å². The van der Waals surface area contributed by atoms with E-state index < -0.39 is 6.10 Å². The molecule has 4 heteroatoms. The van der Waals surface area contributed by atoms with E-state index in [2.05, 4.69) is 6.92 Å². The first-order valence-electron chi connectivity index (χ1n) is 6.15. The van der Waals surface area contributed by atoms with Gasteiger partial charge in [0.1, 0.15) is 5.75 Å². The third-order valence-corrected chi connectivity index (χ3v) is 3.21. The van der Waals surface area contributed by atoms with Crippen LogP contribution in [0.25, 0.3) is 0 Å². The molecule has 102 valence electrons. The number of hydrogen-bond donors (Lipinski definition) is 1. The molecule has 0 bridgehead atoms. The Balaban J connectivity index is 2.79. The Kier molecular flexibility index (Phi) is 6.47. The number of aliphatic hydroxyl groups excluding tert-OH is 1. The highest BCUT2D eigenvalue weighted by Crippen LogP contribution is 2.25. The largest absolute Gasteiger partial charge is 0.496 e. The molecular weight excluding hydrogens is 252 g/mol. The Labute approximate surface area is 114 Å². The summed E-state index contributed by atoms with van der Waals surface area (Å²) in [5.74, 6) is 0.741. The summed E-state index contributed by atoms with van der Waals surface area (Å²) in [5, 5.41) is 10.8. The van der Waals surface area contributed by atoms with E-state index in [1.165, 1.54) is 0 Å². The molecule has 0 aliphatic rings. The second kappa shape index (κ2) is 7.62. The van der Waals surface area contributed by atoms with Crippen molar-refractivity contribution in [3.8, 4) is 5.75 Å². The molecule has 2 unspecified atom stereocenters. The number of rotatable bonds is 7. The molecule has 1 N–H and O–H groups in total. The average molecular weight is 273 g/mol. The molecule has 1 aromatic rings. The summed E-state index contributed by atoms with van der Waals surface area (Å²) in [7, 11) is 3.23. The average Bonchev–Trinajstić information content (AvgIpc) is 2.36. The first kappa shape index (κ1) is 15.3. The van der Waals surface area contributed by atoms with Crippen LogP contribution in [0.3, 0.4) is 0 Å². The minimum atomic E-state index is -0.553. The van der Waals surface area contributed by atoms with Gasteiger partial charge in [-0.15, -0.1) is 0 Å². The topological polar surface area (TPSA) is 38.7 Å². The van der Waals surface area contributed by atoms with Crippen molar-refractivity contribution >= 4 is 11.6 Å². The van der Waals surface area contributed by atoms with Crippen molar-refractivity contribution in [2.24, 2.45) is 0 Å². The molecule has 0 heterocycles. The van der Waals surface area contributed by atoms with Crippen molar-refractivity contribution in [2.75, 3.05) is 14.2 Å². The zero-order valence-electron chi connectivity index (χ0n) is 11.1. The normalized spacial score (nSPS) is 14.3. The highest BCUT2D eigenvalue weighted by molar-refractivity contribution is 6.30. The van der Waals surface area contributed by atoms with Crippen LogP contribution in [-0.2, 0) is 11.2 Å². The van der Waals surface area contributed by atoms with Crippen LogP contribution < -0.4 is 4.74 Å². The molecule has 0 saturated carbocycles. The van der Waals surface area contributed by atoms with Crippen molar-refractivity contribution in [1.29, 1.82) is 0 Å². The van der Waals surface area contributed by atoms with Crippen molar-refractivity contribution in [3.63, 3.8) is 0 Å². The lowest BCUT2D eigenvalue weighted by atomic mass is 10.0. The summed E-state index contributed by atoms with van der Waals surface area (Å²) in [6.07, 6.45) is 1.58. The van der Waals surface area contributed by atoms with Gasteiger partial charge in [-0.3, -0.25) is 0 Å². The van der Waals surface area contributed by atoms with Crippen molar-refractivity contribution in [2.45, 2.75) is 38.4 Å². The fraction of sp³-hybridized carbons (Fsp3) is 0.571. The predicted molar refractivity (Wildman–Crippen MR) is 73.4 cm³/mol. The fourth-order valence-electron chi connectivity index (χ4n) is 2.02. The van der Waals surface area contributed by atoms with Crippen LogP contribution in [0.2, 0.25) is 5.02 Å². The maximum atomic E-state index is 10.2. The van der Waals surface area contributed by atoms with Gasteiger partial charge >= 0.3 is 0 Å². The highest BCUT2D eigenvalue weighted by atomic mass is 35.5. The van der Waals surface area contributed by atoms with E-state index in [4.69, 9.17) is 21.1 Å². The van der Waals surface area contributed by atoms with E-state index >= 15 is 0 Å². The molecule has 0 aliphatic heterocycles. The maximum absolute atomic E-state index is 10.2. The first-order chi connectivity index (χ1) is 8.62. The molecule has 0 aromatic heterocycles. The third kappa shape index (κ3) is 4.16. The number of ether oxygens (including phenoxy) is 2. The van der Waals surface area contributed by atoms with E-state index in [0.29, 0.717) is 11.4 Å². The molecule has 0 radical (unpaired) electrons. The van der Waals surface area contributed by atoms with E-state index in [1.54, 1.807) is 20.3 Å². The number of aliphatic hydroxyl groups is 1. The molecule has 0 spiro atoms. The Bertz CT molecular complexity index is 368. The van der Waals surface area contributed by atoms with Gasteiger partial charge in [0.05, 0.1) is 19.3 Å². The molecular formula is C14H21ClO3. The first-order valence-corrected chi connectivity index (χ1v) is 6.53. The molecule has 0 amide bonds. The number of benzene rings is 1. The number of halogens is 1. The molecule has 1 rings (SSSR count). The van der Waals surface area contributed by atoms with E-state index in [9.17, 15) is 5.11 Å². The number of methoxy groups -OCH3 is 2. The van der Waals surface area contributed by atoms with Gasteiger partial charge in [0, 0.05) is 18.6 Å². The van der Waals surface area contributed by atoms with Crippen LogP contribution >= 0.6 is 11.6 Å². The predicted octanol–water partition coefficient (Wildman–Crippen LogP) is 3.07. The Hall–Kier alpha value is -0.770. The van der Waals surface area contributed by atoms with E-state index in [1.807, 2.05) is 12.1 Å². The molecule has 2 atom stereocenters. The lowest BCUT2D eigenvalue weighted by molar-refractivity contribution is -0.0161.